The van der Waals surface area contributed by atoms with Gasteiger partial charge in [-0.3, -0.25) is 14.4 Å². The standard InChI is InChI=1S/C26H19Cl4N3O3/c1-12-7-13(2)22(14(3)8-12)32-24(34)15-5-4-6-16(9-15)31-23-21(30)25(35)33(26(23)36)20-11-18(28)17(27)10-19(20)29/h4-11,31H,1-3H3,(H,32,34). The zero-order valence-corrected chi connectivity index (χ0v) is 22.3. The first-order valence-corrected chi connectivity index (χ1v) is 12.2. The normalized spacial score (nSPS) is 13.5. The van der Waals surface area contributed by atoms with Crippen LogP contribution in [-0.2, 0) is 9.59 Å². The largest absolute Gasteiger partial charge is 0.350 e. The van der Waals surface area contributed by atoms with Gasteiger partial charge in [0.2, 0.25) is 0 Å². The second-order valence-corrected chi connectivity index (χ2v) is 9.89. The molecule has 3 aromatic carbocycles. The molecule has 0 atom stereocenters. The molecule has 10 heteroatoms. The molecule has 0 bridgehead atoms. The second-order valence-electron chi connectivity index (χ2n) is 8.29. The highest BCUT2D eigenvalue weighted by Crippen LogP contribution is 2.38. The number of nitrogens with one attached hydrogen (secondary N) is 2. The highest BCUT2D eigenvalue weighted by molar-refractivity contribution is 6.54. The van der Waals surface area contributed by atoms with Gasteiger partial charge in [-0.15, -0.1) is 0 Å². The summed E-state index contributed by atoms with van der Waals surface area (Å²) >= 11 is 24.4. The number of halogens is 4. The van der Waals surface area contributed by atoms with Crippen molar-refractivity contribution < 1.29 is 14.4 Å². The lowest BCUT2D eigenvalue weighted by molar-refractivity contribution is -0.120. The number of nitrogens with zero attached hydrogens (tertiary/aromatic N) is 1. The number of anilines is 3. The van der Waals surface area contributed by atoms with Crippen LogP contribution in [0, 0.1) is 20.8 Å². The maximum absolute atomic E-state index is 13.1. The van der Waals surface area contributed by atoms with E-state index in [9.17, 15) is 14.4 Å². The lowest BCUT2D eigenvalue weighted by atomic mass is 10.0. The smallest absolute Gasteiger partial charge is 0.283 e. The molecule has 0 aliphatic carbocycles. The van der Waals surface area contributed by atoms with E-state index >= 15 is 0 Å². The molecule has 0 saturated carbocycles. The minimum atomic E-state index is -0.774. The van der Waals surface area contributed by atoms with Crippen LogP contribution in [0.3, 0.4) is 0 Å². The SMILES string of the molecule is Cc1cc(C)c(NC(=O)c2cccc(NC3=C(Cl)C(=O)N(c4cc(Cl)c(Cl)cc4Cl)C3=O)c2)c(C)c1. The summed E-state index contributed by atoms with van der Waals surface area (Å²) in [4.78, 5) is 39.7. The Kier molecular flexibility index (Phi) is 7.34. The molecule has 6 nitrogen and oxygen atoms in total. The third-order valence-corrected chi connectivity index (χ3v) is 6.94. The number of hydrogen-bond acceptors (Lipinski definition) is 4. The van der Waals surface area contributed by atoms with E-state index in [0.717, 1.165) is 27.3 Å². The third-order valence-electron chi connectivity index (χ3n) is 5.57. The Balaban J connectivity index is 1.58. The molecule has 3 aromatic rings. The number of aryl methyl sites for hydroxylation is 3. The van der Waals surface area contributed by atoms with E-state index < -0.39 is 11.8 Å². The van der Waals surface area contributed by atoms with Crippen molar-refractivity contribution in [3.05, 3.63) is 96.6 Å². The molecular weight excluding hydrogens is 544 g/mol. The number of hydrogen-bond donors (Lipinski definition) is 2. The van der Waals surface area contributed by atoms with E-state index in [4.69, 9.17) is 46.4 Å². The molecule has 2 N–H and O–H groups in total. The van der Waals surface area contributed by atoms with Crippen LogP contribution in [0.15, 0.2) is 59.3 Å². The number of imide groups is 1. The number of carbonyl (C=O) groups is 3. The average Bonchev–Trinajstić information content (AvgIpc) is 3.02. The van der Waals surface area contributed by atoms with E-state index in [0.29, 0.717) is 11.3 Å². The maximum atomic E-state index is 13.1. The number of rotatable bonds is 5. The predicted octanol–water partition coefficient (Wildman–Crippen LogP) is 7.26. The molecule has 0 radical (unpaired) electrons. The van der Waals surface area contributed by atoms with Crippen LogP contribution in [0.5, 0.6) is 0 Å². The summed E-state index contributed by atoms with van der Waals surface area (Å²) in [6.45, 7) is 5.85. The van der Waals surface area contributed by atoms with Gasteiger partial charge in [0.15, 0.2) is 0 Å². The molecule has 184 valence electrons. The zero-order valence-electron chi connectivity index (χ0n) is 19.3. The molecule has 0 spiro atoms. The lowest BCUT2D eigenvalue weighted by Crippen LogP contribution is -2.32. The van der Waals surface area contributed by atoms with Crippen LogP contribution in [-0.4, -0.2) is 17.7 Å². The topological polar surface area (TPSA) is 78.5 Å². The monoisotopic (exact) mass is 561 g/mol. The van der Waals surface area contributed by atoms with Crippen molar-refractivity contribution in [3.63, 3.8) is 0 Å². The molecule has 36 heavy (non-hydrogen) atoms. The molecular formula is C26H19Cl4N3O3. The van der Waals surface area contributed by atoms with Crippen molar-refractivity contribution in [2.45, 2.75) is 20.8 Å². The van der Waals surface area contributed by atoms with Gasteiger partial charge in [0.25, 0.3) is 17.7 Å². The van der Waals surface area contributed by atoms with Crippen molar-refractivity contribution in [3.8, 4) is 0 Å². The Bertz CT molecular complexity index is 1460. The van der Waals surface area contributed by atoms with Crippen LogP contribution in [0.25, 0.3) is 0 Å². The molecule has 1 heterocycles. The van der Waals surface area contributed by atoms with Crippen molar-refractivity contribution in [1.82, 2.24) is 0 Å². The van der Waals surface area contributed by atoms with Gasteiger partial charge in [-0.2, -0.15) is 0 Å². The number of amides is 3. The fourth-order valence-corrected chi connectivity index (χ4v) is 4.80. The number of carbonyl (C=O) groups excluding carboxylic acids is 3. The van der Waals surface area contributed by atoms with Crippen LogP contribution < -0.4 is 15.5 Å². The van der Waals surface area contributed by atoms with Crippen molar-refractivity contribution in [2.24, 2.45) is 0 Å². The second kappa shape index (κ2) is 10.1. The van der Waals surface area contributed by atoms with Gasteiger partial charge in [-0.1, -0.05) is 70.2 Å². The summed E-state index contributed by atoms with van der Waals surface area (Å²) in [5.74, 6) is -1.83. The Hall–Kier alpha value is -3.03. The Morgan fingerprint density at radius 2 is 1.44 bits per heavy atom. The first kappa shape index (κ1) is 26.0. The van der Waals surface area contributed by atoms with E-state index in [1.807, 2.05) is 32.9 Å². The molecule has 0 unspecified atom stereocenters. The maximum Gasteiger partial charge on any atom is 0.283 e. The van der Waals surface area contributed by atoms with Gasteiger partial charge in [0, 0.05) is 16.9 Å². The fourth-order valence-electron chi connectivity index (χ4n) is 3.96. The minimum Gasteiger partial charge on any atom is -0.350 e. The van der Waals surface area contributed by atoms with Gasteiger partial charge in [0.1, 0.15) is 10.7 Å². The molecule has 3 amide bonds. The summed E-state index contributed by atoms with van der Waals surface area (Å²) in [5, 5.41) is 5.81. The van der Waals surface area contributed by atoms with Gasteiger partial charge >= 0.3 is 0 Å². The lowest BCUT2D eigenvalue weighted by Gasteiger charge is -2.17. The van der Waals surface area contributed by atoms with Gasteiger partial charge in [-0.25, -0.2) is 4.90 Å². The fraction of sp³-hybridized carbons (Fsp3) is 0.115. The first-order chi connectivity index (χ1) is 17.0. The summed E-state index contributed by atoms with van der Waals surface area (Å²) in [6, 6.07) is 13.1. The first-order valence-electron chi connectivity index (χ1n) is 10.7. The predicted molar refractivity (Wildman–Crippen MR) is 146 cm³/mol. The van der Waals surface area contributed by atoms with Crippen molar-refractivity contribution in [2.75, 3.05) is 15.5 Å². The average molecular weight is 563 g/mol. The molecule has 0 fully saturated rings. The quantitative estimate of drug-likeness (QED) is 0.253. The summed E-state index contributed by atoms with van der Waals surface area (Å²) in [6.07, 6.45) is 0. The highest BCUT2D eigenvalue weighted by Gasteiger charge is 2.40. The molecule has 1 aliphatic heterocycles. The van der Waals surface area contributed by atoms with E-state index in [-0.39, 0.29) is 37.4 Å². The van der Waals surface area contributed by atoms with Crippen molar-refractivity contribution >= 4 is 81.2 Å². The highest BCUT2D eigenvalue weighted by atomic mass is 35.5. The zero-order chi connectivity index (χ0) is 26.3. The molecule has 1 aliphatic rings. The van der Waals surface area contributed by atoms with E-state index in [1.165, 1.54) is 12.1 Å². The van der Waals surface area contributed by atoms with Crippen molar-refractivity contribution in [1.29, 1.82) is 0 Å². The summed E-state index contributed by atoms with van der Waals surface area (Å²) < 4.78 is 0. The third kappa shape index (κ3) is 4.95. The molecule has 4 rings (SSSR count). The van der Waals surface area contributed by atoms with Crippen LogP contribution >= 0.6 is 46.4 Å². The van der Waals surface area contributed by atoms with Gasteiger partial charge < -0.3 is 10.6 Å². The Morgan fingerprint density at radius 3 is 2.11 bits per heavy atom. The van der Waals surface area contributed by atoms with Crippen LogP contribution in [0.1, 0.15) is 27.0 Å². The molecule has 0 saturated heterocycles. The summed E-state index contributed by atoms with van der Waals surface area (Å²) in [5.41, 5.74) is 4.35. The Labute approximate surface area is 227 Å². The van der Waals surface area contributed by atoms with Gasteiger partial charge in [0.05, 0.1) is 20.8 Å². The van der Waals surface area contributed by atoms with E-state index in [2.05, 4.69) is 10.6 Å². The van der Waals surface area contributed by atoms with E-state index in [1.54, 1.807) is 24.3 Å². The van der Waals surface area contributed by atoms with Crippen LogP contribution in [0.4, 0.5) is 17.1 Å². The van der Waals surface area contributed by atoms with Gasteiger partial charge in [-0.05, 0) is 62.2 Å². The van der Waals surface area contributed by atoms with Crippen LogP contribution in [0.2, 0.25) is 15.1 Å². The number of benzene rings is 3. The summed E-state index contributed by atoms with van der Waals surface area (Å²) in [7, 11) is 0. The Morgan fingerprint density at radius 1 is 0.806 bits per heavy atom. The molecule has 0 aromatic heterocycles. The minimum absolute atomic E-state index is 0.0491.